The Bertz CT molecular complexity index is 1160. The van der Waals surface area contributed by atoms with Crippen molar-refractivity contribution in [1.29, 1.82) is 0 Å². The Balaban J connectivity index is 1.88. The van der Waals surface area contributed by atoms with Crippen molar-refractivity contribution >= 4 is 46.2 Å². The first kappa shape index (κ1) is 21.9. The maximum atomic E-state index is 14.7. The van der Waals surface area contributed by atoms with Crippen LogP contribution in [-0.4, -0.2) is 39.7 Å². The number of aliphatic carboxylic acids is 1. The number of H-pyrrole nitrogens is 1. The molecule has 31 heavy (non-hydrogen) atoms. The molecule has 4 rings (SSSR count). The highest BCUT2D eigenvalue weighted by Crippen LogP contribution is 2.44. The fraction of sp³-hybridized carbons (Fsp3) is 0.292. The third kappa shape index (κ3) is 4.49. The van der Waals surface area contributed by atoms with Crippen LogP contribution < -0.4 is 0 Å². The summed E-state index contributed by atoms with van der Waals surface area (Å²) >= 11 is 13.4. The maximum Gasteiger partial charge on any atom is 0.328 e. The van der Waals surface area contributed by atoms with E-state index in [4.69, 9.17) is 28.3 Å². The van der Waals surface area contributed by atoms with E-state index >= 15 is 0 Å². The normalized spacial score (nSPS) is 17.4. The van der Waals surface area contributed by atoms with Crippen LogP contribution in [0.5, 0.6) is 0 Å². The van der Waals surface area contributed by atoms with E-state index in [1.54, 1.807) is 26.0 Å². The van der Waals surface area contributed by atoms with Gasteiger partial charge < -0.3 is 10.1 Å². The molecule has 0 spiro atoms. The van der Waals surface area contributed by atoms with Crippen molar-refractivity contribution in [2.45, 2.75) is 32.0 Å². The van der Waals surface area contributed by atoms with Crippen LogP contribution in [0.1, 0.15) is 42.3 Å². The first-order valence-corrected chi connectivity index (χ1v) is 10.8. The molecule has 0 saturated carbocycles. The summed E-state index contributed by atoms with van der Waals surface area (Å²) in [6.07, 6.45) is 3.28. The number of para-hydroxylation sites is 1. The van der Waals surface area contributed by atoms with Gasteiger partial charge in [-0.25, -0.2) is 9.18 Å². The first-order valence-electron chi connectivity index (χ1n) is 10.1. The summed E-state index contributed by atoms with van der Waals surface area (Å²) in [6.45, 7) is 4.02. The van der Waals surface area contributed by atoms with Gasteiger partial charge in [-0.3, -0.25) is 4.90 Å². The molecule has 1 unspecified atom stereocenters. The number of aromatic nitrogens is 1. The van der Waals surface area contributed by atoms with Gasteiger partial charge >= 0.3 is 5.97 Å². The summed E-state index contributed by atoms with van der Waals surface area (Å²) in [6, 6.07) is 11.1. The molecule has 1 aromatic heterocycles. The molecule has 0 aliphatic carbocycles. The Morgan fingerprint density at radius 1 is 1.29 bits per heavy atom. The molecular formula is C24H23Cl2FN2O2. The lowest BCUT2D eigenvalue weighted by atomic mass is 9.90. The Labute approximate surface area is 190 Å². The summed E-state index contributed by atoms with van der Waals surface area (Å²) in [7, 11) is 0. The lowest BCUT2D eigenvalue weighted by molar-refractivity contribution is -0.131. The number of carbonyl (C=O) groups is 1. The second-order valence-electron chi connectivity index (χ2n) is 8.47. The first-order chi connectivity index (χ1) is 14.6. The third-order valence-electron chi connectivity index (χ3n) is 5.51. The number of nitrogens with zero attached hydrogens (tertiary/aromatic N) is 1. The fourth-order valence-electron chi connectivity index (χ4n) is 4.40. The predicted molar refractivity (Wildman–Crippen MR) is 124 cm³/mol. The minimum atomic E-state index is -1.40. The van der Waals surface area contributed by atoms with Gasteiger partial charge in [0.05, 0.1) is 6.04 Å². The molecular weight excluding hydrogens is 438 g/mol. The monoisotopic (exact) mass is 460 g/mol. The zero-order valence-electron chi connectivity index (χ0n) is 17.3. The van der Waals surface area contributed by atoms with Crippen LogP contribution >= 0.6 is 23.2 Å². The highest BCUT2D eigenvalue weighted by Gasteiger charge is 2.36. The third-order valence-corrected chi connectivity index (χ3v) is 6.13. The van der Waals surface area contributed by atoms with Gasteiger partial charge in [-0.2, -0.15) is 0 Å². The molecule has 0 amide bonds. The number of halogens is 3. The number of carboxylic acids is 1. The molecule has 162 valence electrons. The summed E-state index contributed by atoms with van der Waals surface area (Å²) in [5.74, 6) is -1.05. The van der Waals surface area contributed by atoms with E-state index in [-0.39, 0.29) is 12.6 Å². The van der Waals surface area contributed by atoms with E-state index < -0.39 is 11.6 Å². The summed E-state index contributed by atoms with van der Waals surface area (Å²) in [4.78, 5) is 16.4. The van der Waals surface area contributed by atoms with Gasteiger partial charge in [0.1, 0.15) is 5.67 Å². The topological polar surface area (TPSA) is 56.3 Å². The van der Waals surface area contributed by atoms with Crippen LogP contribution in [0.25, 0.3) is 17.0 Å². The van der Waals surface area contributed by atoms with Crippen LogP contribution in [0.4, 0.5) is 4.39 Å². The predicted octanol–water partition coefficient (Wildman–Crippen LogP) is 6.27. The van der Waals surface area contributed by atoms with Crippen molar-refractivity contribution in [1.82, 2.24) is 9.88 Å². The van der Waals surface area contributed by atoms with E-state index in [0.29, 0.717) is 27.7 Å². The molecule has 3 aromatic rings. The van der Waals surface area contributed by atoms with Crippen molar-refractivity contribution < 1.29 is 14.3 Å². The van der Waals surface area contributed by atoms with Crippen molar-refractivity contribution in [3.63, 3.8) is 0 Å². The number of nitrogens with one attached hydrogen (secondary N) is 1. The molecule has 0 fully saturated rings. The number of hydrogen-bond donors (Lipinski definition) is 2. The summed E-state index contributed by atoms with van der Waals surface area (Å²) < 4.78 is 14.7. The summed E-state index contributed by atoms with van der Waals surface area (Å²) in [5.41, 5.74) is 3.06. The molecule has 0 bridgehead atoms. The zero-order valence-corrected chi connectivity index (χ0v) is 18.8. The van der Waals surface area contributed by atoms with E-state index in [2.05, 4.69) is 16.0 Å². The lowest BCUT2D eigenvalue weighted by Crippen LogP contribution is -2.43. The standard InChI is InChI=1S/C24H23Cl2FN2O2/c1-24(2,27)13-29-10-9-16-15-5-3-4-6-19(15)28-22(16)23(29)21-17(25)11-14(12-18(21)26)7-8-20(30)31/h3-8,11-12,23,28H,9-10,13H2,1-2H3,(H,30,31)/b8-7+. The SMILES string of the molecule is CC(C)(F)CN1CCc2c([nH]c3ccccc23)C1c1c(Cl)cc(/C=C/C(=O)O)cc1Cl. The number of carboxylic acid groups (broad SMARTS) is 1. The fourth-order valence-corrected chi connectivity index (χ4v) is 5.11. The molecule has 1 aliphatic rings. The largest absolute Gasteiger partial charge is 0.478 e. The van der Waals surface area contributed by atoms with E-state index in [1.165, 1.54) is 11.6 Å². The number of aromatic amines is 1. The van der Waals surface area contributed by atoms with Gasteiger partial charge in [0.2, 0.25) is 0 Å². The quantitative estimate of drug-likeness (QED) is 0.441. The highest BCUT2D eigenvalue weighted by molar-refractivity contribution is 6.36. The van der Waals surface area contributed by atoms with Crippen molar-refractivity contribution in [3.8, 4) is 0 Å². The van der Waals surface area contributed by atoms with E-state index in [0.717, 1.165) is 29.1 Å². The Morgan fingerprint density at radius 3 is 2.61 bits per heavy atom. The second-order valence-corrected chi connectivity index (χ2v) is 9.29. The average Bonchev–Trinajstić information content (AvgIpc) is 3.05. The van der Waals surface area contributed by atoms with Crippen LogP contribution in [0.2, 0.25) is 10.0 Å². The molecule has 0 saturated heterocycles. The minimum absolute atomic E-state index is 0.222. The molecule has 2 aromatic carbocycles. The van der Waals surface area contributed by atoms with E-state index in [9.17, 15) is 9.18 Å². The van der Waals surface area contributed by atoms with Gasteiger partial charge in [0.15, 0.2) is 0 Å². The Hall–Kier alpha value is -2.34. The van der Waals surface area contributed by atoms with Crippen LogP contribution in [0, 0.1) is 0 Å². The maximum absolute atomic E-state index is 14.7. The highest BCUT2D eigenvalue weighted by atomic mass is 35.5. The number of benzene rings is 2. The van der Waals surface area contributed by atoms with Gasteiger partial charge in [-0.15, -0.1) is 0 Å². The molecule has 0 radical (unpaired) electrons. The summed E-state index contributed by atoms with van der Waals surface area (Å²) in [5, 5.41) is 10.9. The smallest absolute Gasteiger partial charge is 0.328 e. The Morgan fingerprint density at radius 2 is 1.97 bits per heavy atom. The zero-order chi connectivity index (χ0) is 22.3. The second kappa shape index (κ2) is 8.30. The molecule has 7 heteroatoms. The number of fused-ring (bicyclic) bond motifs is 3. The molecule has 1 aliphatic heterocycles. The molecule has 1 atom stereocenters. The molecule has 4 nitrogen and oxygen atoms in total. The van der Waals surface area contributed by atoms with Crippen molar-refractivity contribution in [2.75, 3.05) is 13.1 Å². The Kier molecular flexibility index (Phi) is 5.86. The van der Waals surface area contributed by atoms with Gasteiger partial charge in [0, 0.05) is 51.4 Å². The molecule has 2 heterocycles. The van der Waals surface area contributed by atoms with Gasteiger partial charge in [-0.1, -0.05) is 41.4 Å². The van der Waals surface area contributed by atoms with Crippen LogP contribution in [0.15, 0.2) is 42.5 Å². The van der Waals surface area contributed by atoms with Crippen molar-refractivity contribution in [3.05, 3.63) is 74.9 Å². The van der Waals surface area contributed by atoms with Crippen LogP contribution in [0.3, 0.4) is 0 Å². The van der Waals surface area contributed by atoms with Crippen LogP contribution in [-0.2, 0) is 11.2 Å². The minimum Gasteiger partial charge on any atom is -0.478 e. The van der Waals surface area contributed by atoms with Gasteiger partial charge in [0.25, 0.3) is 0 Å². The number of hydrogen-bond acceptors (Lipinski definition) is 2. The number of alkyl halides is 1. The van der Waals surface area contributed by atoms with Crippen molar-refractivity contribution in [2.24, 2.45) is 0 Å². The lowest BCUT2D eigenvalue weighted by Gasteiger charge is -2.39. The van der Waals surface area contributed by atoms with E-state index in [1.807, 2.05) is 18.2 Å². The average molecular weight is 461 g/mol. The molecule has 2 N–H and O–H groups in total. The van der Waals surface area contributed by atoms with Gasteiger partial charge in [-0.05, 0) is 55.7 Å². The number of rotatable bonds is 5.